The smallest absolute Gasteiger partial charge is 0.251 e. The highest BCUT2D eigenvalue weighted by Gasteiger charge is 2.14. The Labute approximate surface area is 135 Å². The molecule has 0 spiro atoms. The molecule has 1 heterocycles. The van der Waals surface area contributed by atoms with Gasteiger partial charge in [-0.25, -0.2) is 22.7 Å². The number of hydrogen-bond donors (Lipinski definition) is 1. The van der Waals surface area contributed by atoms with Gasteiger partial charge in [-0.05, 0) is 32.0 Å². The maximum absolute atomic E-state index is 12.1. The molecule has 23 heavy (non-hydrogen) atoms. The molecule has 0 fully saturated rings. The van der Waals surface area contributed by atoms with E-state index in [1.807, 2.05) is 13.8 Å². The van der Waals surface area contributed by atoms with E-state index in [4.69, 9.17) is 0 Å². The summed E-state index contributed by atoms with van der Waals surface area (Å²) in [5.41, 5.74) is 3.45. The number of aromatic nitrogens is 2. The molecular formula is C15H20N4O3S. The summed E-state index contributed by atoms with van der Waals surface area (Å²) in [6, 6.07) is 5.05. The Morgan fingerprint density at radius 3 is 2.35 bits per heavy atom. The van der Waals surface area contributed by atoms with Crippen LogP contribution in [0.4, 0.5) is 0 Å². The molecular weight excluding hydrogens is 316 g/mol. The van der Waals surface area contributed by atoms with Crippen LogP contribution in [0.1, 0.15) is 21.7 Å². The third-order valence-electron chi connectivity index (χ3n) is 3.54. The Balaban J connectivity index is 2.11. The van der Waals surface area contributed by atoms with Gasteiger partial charge in [0.2, 0.25) is 10.0 Å². The minimum Gasteiger partial charge on any atom is -0.351 e. The van der Waals surface area contributed by atoms with Crippen LogP contribution >= 0.6 is 0 Å². The zero-order valence-corrected chi connectivity index (χ0v) is 14.4. The molecule has 1 aromatic carbocycles. The van der Waals surface area contributed by atoms with Crippen molar-refractivity contribution in [3.8, 4) is 0 Å². The van der Waals surface area contributed by atoms with Crippen molar-refractivity contribution in [3.63, 3.8) is 0 Å². The lowest BCUT2D eigenvalue weighted by Gasteiger charge is -2.11. The van der Waals surface area contributed by atoms with Gasteiger partial charge in [-0.15, -0.1) is 0 Å². The summed E-state index contributed by atoms with van der Waals surface area (Å²) in [7, 11) is -0.401. The molecule has 1 aromatic heterocycles. The summed E-state index contributed by atoms with van der Waals surface area (Å²) in [6.07, 6.45) is 0. The van der Waals surface area contributed by atoms with Crippen molar-refractivity contribution in [2.45, 2.75) is 13.8 Å². The molecule has 0 saturated carbocycles. The van der Waals surface area contributed by atoms with Crippen molar-refractivity contribution in [1.82, 2.24) is 19.6 Å². The van der Waals surface area contributed by atoms with Crippen LogP contribution in [0.5, 0.6) is 0 Å². The van der Waals surface area contributed by atoms with Crippen molar-refractivity contribution >= 4 is 27.0 Å². The van der Waals surface area contributed by atoms with Crippen LogP contribution in [0, 0.1) is 13.8 Å². The number of nitrogens with zero attached hydrogens (tertiary/aromatic N) is 3. The first kappa shape index (κ1) is 17.3. The molecule has 0 bridgehead atoms. The van der Waals surface area contributed by atoms with Gasteiger partial charge in [0.05, 0.1) is 28.2 Å². The van der Waals surface area contributed by atoms with E-state index in [0.29, 0.717) is 11.1 Å². The molecule has 0 saturated heterocycles. The van der Waals surface area contributed by atoms with E-state index in [1.165, 1.54) is 14.1 Å². The first-order valence-corrected chi connectivity index (χ1v) is 8.75. The van der Waals surface area contributed by atoms with Gasteiger partial charge >= 0.3 is 0 Å². The quantitative estimate of drug-likeness (QED) is 0.874. The molecule has 0 aliphatic heterocycles. The van der Waals surface area contributed by atoms with Crippen LogP contribution in [0.25, 0.3) is 11.0 Å². The predicted octanol–water partition coefficient (Wildman–Crippen LogP) is 0.868. The topological polar surface area (TPSA) is 92.3 Å². The number of benzene rings is 1. The third kappa shape index (κ3) is 4.02. The number of amides is 1. The molecule has 0 aliphatic carbocycles. The van der Waals surface area contributed by atoms with Crippen LogP contribution in [-0.2, 0) is 10.0 Å². The molecule has 0 unspecified atom stereocenters. The number of sulfonamides is 1. The van der Waals surface area contributed by atoms with Gasteiger partial charge in [0.1, 0.15) is 0 Å². The molecule has 0 aliphatic rings. The molecule has 2 aromatic rings. The molecule has 1 N–H and O–H groups in total. The molecule has 124 valence electrons. The highest BCUT2D eigenvalue weighted by molar-refractivity contribution is 7.89. The Hall–Kier alpha value is -2.06. The largest absolute Gasteiger partial charge is 0.351 e. The lowest BCUT2D eigenvalue weighted by molar-refractivity contribution is 0.0956. The fraction of sp³-hybridized carbons (Fsp3) is 0.400. The first-order valence-electron chi connectivity index (χ1n) is 7.14. The van der Waals surface area contributed by atoms with E-state index in [1.54, 1.807) is 18.2 Å². The second-order valence-corrected chi connectivity index (χ2v) is 7.75. The monoisotopic (exact) mass is 336 g/mol. The molecule has 2 rings (SSSR count). The van der Waals surface area contributed by atoms with E-state index < -0.39 is 10.0 Å². The summed E-state index contributed by atoms with van der Waals surface area (Å²) in [5, 5.41) is 2.61. The normalized spacial score (nSPS) is 11.9. The second kappa shape index (κ2) is 6.59. The van der Waals surface area contributed by atoms with Crippen LogP contribution in [-0.4, -0.2) is 55.0 Å². The minimum atomic E-state index is -3.32. The molecule has 0 atom stereocenters. The molecule has 8 heteroatoms. The maximum Gasteiger partial charge on any atom is 0.251 e. The number of nitrogens with one attached hydrogen (secondary N) is 1. The van der Waals surface area contributed by atoms with Crippen LogP contribution in [0.2, 0.25) is 0 Å². The molecule has 7 nitrogen and oxygen atoms in total. The average Bonchev–Trinajstić information content (AvgIpc) is 2.47. The van der Waals surface area contributed by atoms with Gasteiger partial charge in [-0.3, -0.25) is 4.79 Å². The summed E-state index contributed by atoms with van der Waals surface area (Å²) in [4.78, 5) is 21.0. The van der Waals surface area contributed by atoms with Gasteiger partial charge in [0.25, 0.3) is 5.91 Å². The number of rotatable bonds is 5. The summed E-state index contributed by atoms with van der Waals surface area (Å²) < 4.78 is 24.4. The minimum absolute atomic E-state index is 0.0516. The second-order valence-electron chi connectivity index (χ2n) is 5.45. The first-order chi connectivity index (χ1) is 10.7. The van der Waals surface area contributed by atoms with E-state index in [-0.39, 0.29) is 18.2 Å². The lowest BCUT2D eigenvalue weighted by atomic mass is 10.1. The Morgan fingerprint density at radius 2 is 1.74 bits per heavy atom. The van der Waals surface area contributed by atoms with E-state index in [9.17, 15) is 13.2 Å². The number of aryl methyl sites for hydroxylation is 2. The Bertz CT molecular complexity index is 847. The van der Waals surface area contributed by atoms with Crippen LogP contribution < -0.4 is 5.32 Å². The zero-order valence-electron chi connectivity index (χ0n) is 13.6. The van der Waals surface area contributed by atoms with E-state index >= 15 is 0 Å². The highest BCUT2D eigenvalue weighted by Crippen LogP contribution is 2.14. The average molecular weight is 336 g/mol. The van der Waals surface area contributed by atoms with E-state index in [2.05, 4.69) is 15.3 Å². The number of fused-ring (bicyclic) bond motifs is 1. The lowest BCUT2D eigenvalue weighted by Crippen LogP contribution is -2.33. The van der Waals surface area contributed by atoms with Crippen LogP contribution in [0.15, 0.2) is 18.2 Å². The van der Waals surface area contributed by atoms with Gasteiger partial charge in [0.15, 0.2) is 0 Å². The van der Waals surface area contributed by atoms with Crippen LogP contribution in [0.3, 0.4) is 0 Å². The fourth-order valence-electron chi connectivity index (χ4n) is 1.95. The highest BCUT2D eigenvalue weighted by atomic mass is 32.2. The predicted molar refractivity (Wildman–Crippen MR) is 88.8 cm³/mol. The molecule has 1 amide bonds. The Morgan fingerprint density at radius 1 is 1.13 bits per heavy atom. The summed E-state index contributed by atoms with van der Waals surface area (Å²) in [5.74, 6) is -0.474. The number of carbonyl (C=O) groups is 1. The van der Waals surface area contributed by atoms with E-state index in [0.717, 1.165) is 21.2 Å². The van der Waals surface area contributed by atoms with Gasteiger partial charge in [-0.2, -0.15) is 0 Å². The van der Waals surface area contributed by atoms with Gasteiger partial charge in [-0.1, -0.05) is 0 Å². The summed E-state index contributed by atoms with van der Waals surface area (Å²) in [6.45, 7) is 3.80. The maximum atomic E-state index is 12.1. The van der Waals surface area contributed by atoms with Gasteiger partial charge < -0.3 is 5.32 Å². The third-order valence-corrected chi connectivity index (χ3v) is 5.37. The zero-order chi connectivity index (χ0) is 17.2. The van der Waals surface area contributed by atoms with Crippen molar-refractivity contribution in [3.05, 3.63) is 35.2 Å². The van der Waals surface area contributed by atoms with Crippen molar-refractivity contribution < 1.29 is 13.2 Å². The number of hydrogen-bond acceptors (Lipinski definition) is 5. The van der Waals surface area contributed by atoms with Crippen molar-refractivity contribution in [2.75, 3.05) is 26.4 Å². The van der Waals surface area contributed by atoms with Crippen molar-refractivity contribution in [1.29, 1.82) is 0 Å². The standard InChI is InChI=1S/C15H20N4O3S/c1-10-11(2)18-14-9-12(5-6-13(14)17-10)15(20)16-7-8-23(21,22)19(3)4/h5-6,9H,7-8H2,1-4H3,(H,16,20). The summed E-state index contributed by atoms with van der Waals surface area (Å²) >= 11 is 0. The fourth-order valence-corrected chi connectivity index (χ4v) is 2.68. The SMILES string of the molecule is Cc1nc2ccc(C(=O)NCCS(=O)(=O)N(C)C)cc2nc1C. The molecule has 0 radical (unpaired) electrons. The van der Waals surface area contributed by atoms with Crippen molar-refractivity contribution in [2.24, 2.45) is 0 Å². The number of carbonyl (C=O) groups excluding carboxylic acids is 1. The van der Waals surface area contributed by atoms with Gasteiger partial charge in [0, 0.05) is 26.2 Å². The Kier molecular flexibility index (Phi) is 4.96.